The van der Waals surface area contributed by atoms with Crippen molar-refractivity contribution < 1.29 is 0 Å². The van der Waals surface area contributed by atoms with Crippen molar-refractivity contribution in [3.8, 4) is 11.6 Å². The first-order valence-electron chi connectivity index (χ1n) is 13.7. The molecule has 0 atom stereocenters. The van der Waals surface area contributed by atoms with Gasteiger partial charge in [0.2, 0.25) is 5.95 Å². The van der Waals surface area contributed by atoms with Gasteiger partial charge in [-0.25, -0.2) is 4.98 Å². The van der Waals surface area contributed by atoms with Crippen molar-refractivity contribution >= 4 is 65.2 Å². The summed E-state index contributed by atoms with van der Waals surface area (Å²) in [6.07, 6.45) is 0. The first-order chi connectivity index (χ1) is 19.9. The molecule has 0 saturated carbocycles. The van der Waals surface area contributed by atoms with Gasteiger partial charge < -0.3 is 0 Å². The van der Waals surface area contributed by atoms with E-state index in [-0.39, 0.29) is 0 Å². The number of rotatable bonds is 2. The molecule has 0 saturated heterocycles. The van der Waals surface area contributed by atoms with Gasteiger partial charge in [-0.3, -0.25) is 9.13 Å². The normalized spacial score (nSPS) is 12.0. The van der Waals surface area contributed by atoms with E-state index in [4.69, 9.17) is 4.98 Å². The Hall–Kier alpha value is -5.41. The molecule has 186 valence electrons. The van der Waals surface area contributed by atoms with E-state index in [9.17, 15) is 0 Å². The third-order valence-electron chi connectivity index (χ3n) is 8.30. The van der Waals surface area contributed by atoms with Crippen LogP contribution in [0.3, 0.4) is 0 Å². The quantitative estimate of drug-likeness (QED) is 0.213. The predicted octanol–water partition coefficient (Wildman–Crippen LogP) is 9.58. The van der Waals surface area contributed by atoms with Crippen molar-refractivity contribution in [2.75, 3.05) is 0 Å². The van der Waals surface area contributed by atoms with Crippen LogP contribution in [-0.4, -0.2) is 14.1 Å². The van der Waals surface area contributed by atoms with Crippen LogP contribution in [0.25, 0.3) is 76.8 Å². The lowest BCUT2D eigenvalue weighted by atomic mass is 9.93. The summed E-state index contributed by atoms with van der Waals surface area (Å²) in [5.74, 6) is 0.892. The highest BCUT2D eigenvalue weighted by Gasteiger charge is 2.22. The minimum absolute atomic E-state index is 0.892. The van der Waals surface area contributed by atoms with Gasteiger partial charge in [0.25, 0.3) is 0 Å². The van der Waals surface area contributed by atoms with Crippen molar-refractivity contribution in [2.45, 2.75) is 0 Å². The molecule has 0 N–H and O–H groups in total. The Morgan fingerprint density at radius 2 is 0.900 bits per heavy atom. The van der Waals surface area contributed by atoms with E-state index < -0.39 is 0 Å². The van der Waals surface area contributed by atoms with Crippen molar-refractivity contribution in [1.29, 1.82) is 0 Å². The molecule has 0 fully saturated rings. The van der Waals surface area contributed by atoms with Crippen LogP contribution in [0.2, 0.25) is 0 Å². The molecule has 0 aliphatic heterocycles. The number of hydrogen-bond donors (Lipinski definition) is 0. The lowest BCUT2D eigenvalue weighted by molar-refractivity contribution is 0.958. The molecule has 0 aliphatic carbocycles. The summed E-state index contributed by atoms with van der Waals surface area (Å²) in [6, 6.07) is 49.9. The van der Waals surface area contributed by atoms with Crippen LogP contribution in [0.1, 0.15) is 0 Å². The maximum absolute atomic E-state index is 5.31. The Morgan fingerprint density at radius 1 is 0.375 bits per heavy atom. The molecule has 0 radical (unpaired) electrons. The first kappa shape index (κ1) is 21.5. The number of nitrogens with zero attached hydrogens (tertiary/aromatic N) is 3. The standard InChI is InChI=1S/C37H23N3/c1-2-12-24(13-3-1)39-34-21-11-9-19-32(34)38-37(39)40-33-20-10-8-17-28(33)31-23-22-30-27-16-5-4-14-25(27)26-15-6-7-18-29(26)35(30)36(31)40/h1-23H. The van der Waals surface area contributed by atoms with E-state index in [0.29, 0.717) is 0 Å². The van der Waals surface area contributed by atoms with Crippen molar-refractivity contribution in [3.63, 3.8) is 0 Å². The molecular weight excluding hydrogens is 486 g/mol. The van der Waals surface area contributed by atoms with Crippen molar-refractivity contribution in [1.82, 2.24) is 14.1 Å². The molecule has 0 unspecified atom stereocenters. The molecule has 7 aromatic carbocycles. The minimum Gasteiger partial charge on any atom is -0.278 e. The highest BCUT2D eigenvalue weighted by molar-refractivity contribution is 6.33. The zero-order valence-corrected chi connectivity index (χ0v) is 21.6. The monoisotopic (exact) mass is 509 g/mol. The SMILES string of the molecule is c1ccc(-n2c(-n3c4ccccc4c4ccc5c6ccccc6c6ccccc6c5c43)nc3ccccc32)cc1. The summed E-state index contributed by atoms with van der Waals surface area (Å²) in [5, 5.41) is 10.1. The first-order valence-corrected chi connectivity index (χ1v) is 13.7. The van der Waals surface area contributed by atoms with Gasteiger partial charge in [-0.05, 0) is 57.3 Å². The van der Waals surface area contributed by atoms with Gasteiger partial charge >= 0.3 is 0 Å². The fourth-order valence-electron chi connectivity index (χ4n) is 6.65. The molecule has 2 heterocycles. The summed E-state index contributed by atoms with van der Waals surface area (Å²) in [6.45, 7) is 0. The Balaban J connectivity index is 1.58. The Bertz CT molecular complexity index is 2390. The number of imidazole rings is 1. The Labute approximate surface area is 230 Å². The van der Waals surface area contributed by atoms with Crippen molar-refractivity contribution in [3.05, 3.63) is 140 Å². The summed E-state index contributed by atoms with van der Waals surface area (Å²) < 4.78 is 4.69. The fraction of sp³-hybridized carbons (Fsp3) is 0. The van der Waals surface area contributed by atoms with Gasteiger partial charge in [0.15, 0.2) is 0 Å². The highest BCUT2D eigenvalue weighted by Crippen LogP contribution is 2.43. The maximum atomic E-state index is 5.31. The summed E-state index contributed by atoms with van der Waals surface area (Å²) in [5.41, 5.74) is 5.49. The fourth-order valence-corrected chi connectivity index (χ4v) is 6.65. The van der Waals surface area contributed by atoms with E-state index in [1.807, 2.05) is 0 Å². The van der Waals surface area contributed by atoms with Crippen molar-refractivity contribution in [2.24, 2.45) is 0 Å². The number of benzene rings is 7. The highest BCUT2D eigenvalue weighted by atomic mass is 15.2. The van der Waals surface area contributed by atoms with Crippen LogP contribution in [0.4, 0.5) is 0 Å². The van der Waals surface area contributed by atoms with Crippen LogP contribution < -0.4 is 0 Å². The molecule has 0 spiro atoms. The zero-order valence-electron chi connectivity index (χ0n) is 21.6. The number of para-hydroxylation sites is 4. The molecule has 0 bridgehead atoms. The molecule has 0 amide bonds. The van der Waals surface area contributed by atoms with Gasteiger partial charge in [-0.1, -0.05) is 109 Å². The molecular formula is C37H23N3. The molecule has 9 aromatic rings. The van der Waals surface area contributed by atoms with E-state index in [2.05, 4.69) is 149 Å². The van der Waals surface area contributed by atoms with Gasteiger partial charge in [0.05, 0.1) is 22.1 Å². The van der Waals surface area contributed by atoms with Crippen LogP contribution >= 0.6 is 0 Å². The second-order valence-electron chi connectivity index (χ2n) is 10.4. The van der Waals surface area contributed by atoms with E-state index in [1.54, 1.807) is 0 Å². The van der Waals surface area contributed by atoms with Gasteiger partial charge in [0.1, 0.15) is 0 Å². The number of fused-ring (bicyclic) bond motifs is 11. The van der Waals surface area contributed by atoms with E-state index in [1.165, 1.54) is 48.6 Å². The smallest absolute Gasteiger partial charge is 0.220 e. The molecule has 3 nitrogen and oxygen atoms in total. The number of hydrogen-bond acceptors (Lipinski definition) is 1. The predicted molar refractivity (Wildman–Crippen MR) is 168 cm³/mol. The molecule has 40 heavy (non-hydrogen) atoms. The maximum Gasteiger partial charge on any atom is 0.220 e. The number of aromatic nitrogens is 3. The summed E-state index contributed by atoms with van der Waals surface area (Å²) >= 11 is 0. The molecule has 3 heteroatoms. The third kappa shape index (κ3) is 2.81. The molecule has 9 rings (SSSR count). The average molecular weight is 510 g/mol. The summed E-state index contributed by atoms with van der Waals surface area (Å²) in [7, 11) is 0. The van der Waals surface area contributed by atoms with Crippen LogP contribution in [0, 0.1) is 0 Å². The molecule has 2 aromatic heterocycles. The topological polar surface area (TPSA) is 22.8 Å². The Kier molecular flexibility index (Phi) is 4.33. The van der Waals surface area contributed by atoms with E-state index in [0.717, 1.165) is 28.2 Å². The van der Waals surface area contributed by atoms with Crippen LogP contribution in [0.15, 0.2) is 140 Å². The lowest BCUT2D eigenvalue weighted by Crippen LogP contribution is -2.05. The van der Waals surface area contributed by atoms with Gasteiger partial charge in [-0.2, -0.15) is 0 Å². The zero-order chi connectivity index (χ0) is 26.2. The largest absolute Gasteiger partial charge is 0.278 e. The van der Waals surface area contributed by atoms with E-state index >= 15 is 0 Å². The van der Waals surface area contributed by atoms with Crippen LogP contribution in [0.5, 0.6) is 0 Å². The second-order valence-corrected chi connectivity index (χ2v) is 10.4. The average Bonchev–Trinajstić information content (AvgIpc) is 3.57. The molecule has 0 aliphatic rings. The van der Waals surface area contributed by atoms with Gasteiger partial charge in [-0.15, -0.1) is 0 Å². The lowest BCUT2D eigenvalue weighted by Gasteiger charge is -2.15. The second kappa shape index (κ2) is 8.05. The Morgan fingerprint density at radius 3 is 1.65 bits per heavy atom. The van der Waals surface area contributed by atoms with Crippen LogP contribution in [-0.2, 0) is 0 Å². The minimum atomic E-state index is 0.892. The third-order valence-corrected chi connectivity index (χ3v) is 8.30. The summed E-state index contributed by atoms with van der Waals surface area (Å²) in [4.78, 5) is 5.31. The van der Waals surface area contributed by atoms with Gasteiger partial charge in [0, 0.05) is 21.8 Å².